The summed E-state index contributed by atoms with van der Waals surface area (Å²) in [5.41, 5.74) is 0.591. The van der Waals surface area contributed by atoms with Gasteiger partial charge in [-0.3, -0.25) is 0 Å². The van der Waals surface area contributed by atoms with Gasteiger partial charge < -0.3 is 10.6 Å². The average Bonchev–Trinajstić information content (AvgIpc) is 2.51. The Hall–Kier alpha value is -2.24. The van der Waals surface area contributed by atoms with E-state index in [1.165, 1.54) is 25.1 Å². The molecule has 0 aliphatic carbocycles. The van der Waals surface area contributed by atoms with E-state index in [-0.39, 0.29) is 5.82 Å². The molecule has 0 atom stereocenters. The van der Waals surface area contributed by atoms with Crippen LogP contribution >= 0.6 is 0 Å². The fourth-order valence-electron chi connectivity index (χ4n) is 1.87. The van der Waals surface area contributed by atoms with Crippen LogP contribution in [0.15, 0.2) is 30.5 Å². The Morgan fingerprint density at radius 2 is 2.00 bits per heavy atom. The summed E-state index contributed by atoms with van der Waals surface area (Å²) in [6.45, 7) is 3.35. The number of nitrogens with one attached hydrogen (secondary N) is 2. The van der Waals surface area contributed by atoms with Crippen LogP contribution in [0.4, 0.5) is 16.2 Å². The summed E-state index contributed by atoms with van der Waals surface area (Å²) in [5.74, 6) is 0.834. The molecule has 0 fully saturated rings. The van der Waals surface area contributed by atoms with E-state index in [0.717, 1.165) is 13.0 Å². The molecule has 21 heavy (non-hydrogen) atoms. The molecule has 0 aliphatic heterocycles. The molecule has 2 aromatic rings. The highest BCUT2D eigenvalue weighted by Crippen LogP contribution is 2.10. The minimum Gasteiger partial charge on any atom is -0.364 e. The average molecular weight is 289 g/mol. The van der Waals surface area contributed by atoms with Gasteiger partial charge in [0.1, 0.15) is 5.82 Å². The maximum Gasteiger partial charge on any atom is 0.244 e. The van der Waals surface area contributed by atoms with E-state index < -0.39 is 0 Å². The maximum absolute atomic E-state index is 13.5. The molecule has 2 N–H and O–H groups in total. The first-order chi connectivity index (χ1) is 10.3. The Kier molecular flexibility index (Phi) is 5.87. The first-order valence-electron chi connectivity index (χ1n) is 7.20. The van der Waals surface area contributed by atoms with Crippen molar-refractivity contribution in [3.63, 3.8) is 0 Å². The number of halogens is 1. The van der Waals surface area contributed by atoms with Crippen LogP contribution in [-0.2, 0) is 6.54 Å². The summed E-state index contributed by atoms with van der Waals surface area (Å²) in [5, 5.41) is 14.0. The van der Waals surface area contributed by atoms with Crippen molar-refractivity contribution in [1.82, 2.24) is 15.2 Å². The number of anilines is 2. The topological polar surface area (TPSA) is 62.7 Å². The van der Waals surface area contributed by atoms with Crippen molar-refractivity contribution >= 4 is 11.8 Å². The first-order valence-corrected chi connectivity index (χ1v) is 7.20. The molecule has 0 radical (unpaired) electrons. The Bertz CT molecular complexity index is 561. The fourth-order valence-corrected chi connectivity index (χ4v) is 1.87. The van der Waals surface area contributed by atoms with E-state index in [1.54, 1.807) is 18.2 Å². The second-order valence-corrected chi connectivity index (χ2v) is 4.74. The molecule has 0 spiro atoms. The summed E-state index contributed by atoms with van der Waals surface area (Å²) >= 11 is 0. The quantitative estimate of drug-likeness (QED) is 0.731. The van der Waals surface area contributed by atoms with Gasteiger partial charge in [0.2, 0.25) is 5.95 Å². The third-order valence-electron chi connectivity index (χ3n) is 3.04. The molecule has 0 aliphatic rings. The molecule has 0 amide bonds. The lowest BCUT2D eigenvalue weighted by molar-refractivity contribution is 0.613. The highest BCUT2D eigenvalue weighted by molar-refractivity contribution is 5.38. The molecule has 0 bridgehead atoms. The normalized spacial score (nSPS) is 10.4. The third-order valence-corrected chi connectivity index (χ3v) is 3.04. The van der Waals surface area contributed by atoms with Crippen LogP contribution < -0.4 is 10.6 Å². The lowest BCUT2D eigenvalue weighted by Gasteiger charge is -2.08. The van der Waals surface area contributed by atoms with Crippen molar-refractivity contribution < 1.29 is 4.39 Å². The van der Waals surface area contributed by atoms with Crippen molar-refractivity contribution in [2.45, 2.75) is 32.7 Å². The minimum absolute atomic E-state index is 0.232. The molecule has 0 unspecified atom stereocenters. The van der Waals surface area contributed by atoms with Crippen LogP contribution in [0, 0.1) is 5.82 Å². The number of aromatic nitrogens is 3. The summed E-state index contributed by atoms with van der Waals surface area (Å²) in [4.78, 5) is 4.30. The Labute approximate surface area is 124 Å². The number of benzene rings is 1. The molecule has 0 saturated carbocycles. The van der Waals surface area contributed by atoms with Crippen molar-refractivity contribution in [2.75, 3.05) is 17.2 Å². The molecule has 5 nitrogen and oxygen atoms in total. The highest BCUT2D eigenvalue weighted by Gasteiger charge is 2.03. The molecular weight excluding hydrogens is 269 g/mol. The van der Waals surface area contributed by atoms with Gasteiger partial charge in [0.25, 0.3) is 0 Å². The molecular formula is C15H20FN5. The molecule has 1 aromatic carbocycles. The van der Waals surface area contributed by atoms with Gasteiger partial charge in [-0.1, -0.05) is 38.0 Å². The monoisotopic (exact) mass is 289 g/mol. The van der Waals surface area contributed by atoms with Crippen LogP contribution in [0.25, 0.3) is 0 Å². The zero-order valence-electron chi connectivity index (χ0n) is 12.1. The van der Waals surface area contributed by atoms with Crippen molar-refractivity contribution in [2.24, 2.45) is 0 Å². The van der Waals surface area contributed by atoms with Crippen molar-refractivity contribution in [1.29, 1.82) is 0 Å². The highest BCUT2D eigenvalue weighted by atomic mass is 19.1. The van der Waals surface area contributed by atoms with Crippen LogP contribution in [0.5, 0.6) is 0 Å². The van der Waals surface area contributed by atoms with E-state index >= 15 is 0 Å². The molecule has 0 saturated heterocycles. The van der Waals surface area contributed by atoms with E-state index in [2.05, 4.69) is 32.7 Å². The second-order valence-electron chi connectivity index (χ2n) is 4.74. The smallest absolute Gasteiger partial charge is 0.244 e. The van der Waals surface area contributed by atoms with Gasteiger partial charge in [-0.05, 0) is 12.5 Å². The Balaban J connectivity index is 1.87. The predicted molar refractivity (Wildman–Crippen MR) is 81.6 cm³/mol. The number of hydrogen-bond donors (Lipinski definition) is 2. The second kappa shape index (κ2) is 8.14. The third kappa shape index (κ3) is 4.98. The number of rotatable bonds is 8. The summed E-state index contributed by atoms with van der Waals surface area (Å²) in [6, 6.07) is 6.65. The number of nitrogens with zero attached hydrogens (tertiary/aromatic N) is 3. The molecule has 1 heterocycles. The van der Waals surface area contributed by atoms with Crippen LogP contribution in [0.1, 0.15) is 31.7 Å². The standard InChI is InChI=1S/C15H20FN5/c1-2-3-6-9-17-15-20-14(11-19-21-15)18-10-12-7-4-5-8-13(12)16/h4-5,7-8,11H,2-3,6,9-10H2,1H3,(H2,17,18,20,21). The molecule has 2 rings (SSSR count). The SMILES string of the molecule is CCCCCNc1nncc(NCc2ccccc2F)n1. The van der Waals surface area contributed by atoms with Gasteiger partial charge >= 0.3 is 0 Å². The summed E-state index contributed by atoms with van der Waals surface area (Å²) in [6.07, 6.45) is 4.95. The Morgan fingerprint density at radius 3 is 2.81 bits per heavy atom. The Morgan fingerprint density at radius 1 is 1.14 bits per heavy atom. The molecule has 6 heteroatoms. The van der Waals surface area contributed by atoms with E-state index in [4.69, 9.17) is 0 Å². The van der Waals surface area contributed by atoms with Crippen molar-refractivity contribution in [3.05, 3.63) is 41.8 Å². The van der Waals surface area contributed by atoms with Crippen molar-refractivity contribution in [3.8, 4) is 0 Å². The van der Waals surface area contributed by atoms with Gasteiger partial charge in [0, 0.05) is 18.7 Å². The minimum atomic E-state index is -0.232. The lowest BCUT2D eigenvalue weighted by atomic mass is 10.2. The zero-order chi connectivity index (χ0) is 14.9. The lowest BCUT2D eigenvalue weighted by Crippen LogP contribution is -2.09. The van der Waals surface area contributed by atoms with Gasteiger partial charge in [-0.15, -0.1) is 5.10 Å². The summed E-state index contributed by atoms with van der Waals surface area (Å²) < 4.78 is 13.5. The number of hydrogen-bond acceptors (Lipinski definition) is 5. The van der Waals surface area contributed by atoms with Crippen LogP contribution in [0.2, 0.25) is 0 Å². The van der Waals surface area contributed by atoms with Gasteiger partial charge in [0.05, 0.1) is 6.20 Å². The van der Waals surface area contributed by atoms with E-state index in [1.807, 2.05) is 0 Å². The predicted octanol–water partition coefficient (Wildman–Crippen LogP) is 3.22. The maximum atomic E-state index is 13.5. The van der Waals surface area contributed by atoms with Crippen LogP contribution in [-0.4, -0.2) is 21.7 Å². The number of unbranched alkanes of at least 4 members (excludes halogenated alkanes) is 2. The van der Waals surface area contributed by atoms with Gasteiger partial charge in [0.15, 0.2) is 5.82 Å². The zero-order valence-corrected chi connectivity index (χ0v) is 12.1. The fraction of sp³-hybridized carbons (Fsp3) is 0.400. The van der Waals surface area contributed by atoms with E-state index in [0.29, 0.717) is 23.9 Å². The van der Waals surface area contributed by atoms with Crippen LogP contribution in [0.3, 0.4) is 0 Å². The molecule has 1 aromatic heterocycles. The van der Waals surface area contributed by atoms with Gasteiger partial charge in [-0.2, -0.15) is 10.1 Å². The first kappa shape index (κ1) is 15.2. The summed E-state index contributed by atoms with van der Waals surface area (Å²) in [7, 11) is 0. The van der Waals surface area contributed by atoms with Gasteiger partial charge in [-0.25, -0.2) is 4.39 Å². The van der Waals surface area contributed by atoms with E-state index in [9.17, 15) is 4.39 Å². The largest absolute Gasteiger partial charge is 0.364 e. The molecule has 112 valence electrons.